The Labute approximate surface area is 183 Å². The van der Waals surface area contributed by atoms with Gasteiger partial charge in [-0.3, -0.25) is 9.59 Å². The monoisotopic (exact) mass is 414 g/mol. The molecule has 3 heteroatoms. The highest BCUT2D eigenvalue weighted by molar-refractivity contribution is 5.87. The zero-order valence-electron chi connectivity index (χ0n) is 19.6. The van der Waals surface area contributed by atoms with E-state index in [1.165, 1.54) is 32.1 Å². The first kappa shape index (κ1) is 22.1. The Kier molecular flexibility index (Phi) is 5.30. The van der Waals surface area contributed by atoms with Gasteiger partial charge in [0.2, 0.25) is 0 Å². The number of carbonyl (C=O) groups is 2. The minimum Gasteiger partial charge on any atom is -0.481 e. The molecule has 0 radical (unpaired) electrons. The standard InChI is InChI=1S/C27H42O3/c1-6-18(9-12-23(29)30)19-10-11-20-25(19,3)16-13-21-26(4)15-8-7-14-24(26,2)17-22(28)27(20,21)5/h6,18-21H,1,7-17H2,2-5H3,(H,29,30)/t18-,19-,20?,21?,24+,25-,26-,27+/m1/s1. The molecular weight excluding hydrogens is 372 g/mol. The number of carboxylic acid groups (broad SMARTS) is 1. The zero-order valence-corrected chi connectivity index (χ0v) is 19.6. The first-order valence-electron chi connectivity index (χ1n) is 12.4. The van der Waals surface area contributed by atoms with Gasteiger partial charge >= 0.3 is 5.97 Å². The molecule has 4 aliphatic rings. The van der Waals surface area contributed by atoms with Gasteiger partial charge in [0.25, 0.3) is 0 Å². The molecule has 0 aromatic carbocycles. The quantitative estimate of drug-likeness (QED) is 0.512. The molecule has 8 atom stereocenters. The van der Waals surface area contributed by atoms with Crippen LogP contribution in [0, 0.1) is 45.3 Å². The van der Waals surface area contributed by atoms with Crippen LogP contribution >= 0.6 is 0 Å². The number of hydrogen-bond donors (Lipinski definition) is 1. The Bertz CT molecular complexity index is 742. The van der Waals surface area contributed by atoms with Gasteiger partial charge in [-0.1, -0.05) is 46.6 Å². The number of aliphatic carboxylic acids is 1. The molecule has 0 aromatic heterocycles. The lowest BCUT2D eigenvalue weighted by molar-refractivity contribution is -0.198. The lowest BCUT2D eigenvalue weighted by Gasteiger charge is -2.68. The van der Waals surface area contributed by atoms with Crippen LogP contribution in [0.3, 0.4) is 0 Å². The van der Waals surface area contributed by atoms with E-state index in [4.69, 9.17) is 0 Å². The topological polar surface area (TPSA) is 54.4 Å². The predicted molar refractivity (Wildman–Crippen MR) is 120 cm³/mol. The van der Waals surface area contributed by atoms with E-state index in [0.29, 0.717) is 30.0 Å². The molecule has 4 rings (SSSR count). The summed E-state index contributed by atoms with van der Waals surface area (Å²) in [4.78, 5) is 25.1. The van der Waals surface area contributed by atoms with E-state index >= 15 is 0 Å². The average molecular weight is 415 g/mol. The Hall–Kier alpha value is -1.12. The van der Waals surface area contributed by atoms with Crippen molar-refractivity contribution >= 4 is 11.8 Å². The van der Waals surface area contributed by atoms with Crippen molar-refractivity contribution in [3.63, 3.8) is 0 Å². The number of hydrogen-bond acceptors (Lipinski definition) is 2. The van der Waals surface area contributed by atoms with Crippen molar-refractivity contribution in [2.24, 2.45) is 45.3 Å². The van der Waals surface area contributed by atoms with Gasteiger partial charge in [-0.15, -0.1) is 6.58 Å². The van der Waals surface area contributed by atoms with E-state index in [1.807, 2.05) is 6.08 Å². The SMILES string of the molecule is C=C[C@H](CCC(=O)O)[C@H]1CCC2[C@]3(C)C(=O)C[C@]4(C)CCCC[C@]4(C)C3CC[C@@]21C. The van der Waals surface area contributed by atoms with Crippen molar-refractivity contribution in [2.45, 2.75) is 98.3 Å². The summed E-state index contributed by atoms with van der Waals surface area (Å²) in [6.45, 7) is 13.8. The van der Waals surface area contributed by atoms with Crippen LogP contribution in [0.2, 0.25) is 0 Å². The van der Waals surface area contributed by atoms with Crippen molar-refractivity contribution in [1.29, 1.82) is 0 Å². The van der Waals surface area contributed by atoms with Gasteiger partial charge < -0.3 is 5.11 Å². The fourth-order valence-corrected chi connectivity index (χ4v) is 9.48. The molecule has 4 aliphatic carbocycles. The fourth-order valence-electron chi connectivity index (χ4n) is 9.48. The molecule has 3 nitrogen and oxygen atoms in total. The predicted octanol–water partition coefficient (Wildman–Crippen LogP) is 6.66. The number of fused-ring (bicyclic) bond motifs is 5. The van der Waals surface area contributed by atoms with Gasteiger partial charge in [0.05, 0.1) is 0 Å². The lowest BCUT2D eigenvalue weighted by atomic mass is 9.35. The summed E-state index contributed by atoms with van der Waals surface area (Å²) in [5.41, 5.74) is 0.348. The number of rotatable bonds is 5. The summed E-state index contributed by atoms with van der Waals surface area (Å²) < 4.78 is 0. The molecule has 0 saturated heterocycles. The number of carboxylic acids is 1. The summed E-state index contributed by atoms with van der Waals surface area (Å²) in [5, 5.41) is 9.21. The first-order chi connectivity index (χ1) is 14.0. The molecule has 0 spiro atoms. The molecule has 0 bridgehead atoms. The second-order valence-electron chi connectivity index (χ2n) is 12.2. The normalized spacial score (nSPS) is 48.9. The van der Waals surface area contributed by atoms with Crippen LogP contribution in [0.15, 0.2) is 12.7 Å². The van der Waals surface area contributed by atoms with Crippen LogP contribution in [-0.4, -0.2) is 16.9 Å². The Morgan fingerprint density at radius 3 is 2.47 bits per heavy atom. The maximum absolute atomic E-state index is 13.9. The van der Waals surface area contributed by atoms with E-state index in [-0.39, 0.29) is 34.0 Å². The first-order valence-corrected chi connectivity index (χ1v) is 12.4. The molecular formula is C27H42O3. The van der Waals surface area contributed by atoms with Crippen LogP contribution in [-0.2, 0) is 9.59 Å². The van der Waals surface area contributed by atoms with E-state index in [0.717, 1.165) is 25.7 Å². The van der Waals surface area contributed by atoms with Crippen molar-refractivity contribution in [1.82, 2.24) is 0 Å². The van der Waals surface area contributed by atoms with E-state index in [2.05, 4.69) is 34.3 Å². The van der Waals surface area contributed by atoms with Crippen LogP contribution < -0.4 is 0 Å². The second-order valence-corrected chi connectivity index (χ2v) is 12.2. The van der Waals surface area contributed by atoms with Gasteiger partial charge in [0.15, 0.2) is 0 Å². The van der Waals surface area contributed by atoms with Crippen LogP contribution in [0.5, 0.6) is 0 Å². The third-order valence-electron chi connectivity index (χ3n) is 11.3. The second kappa shape index (κ2) is 7.20. The molecule has 2 unspecified atom stereocenters. The molecule has 4 fully saturated rings. The van der Waals surface area contributed by atoms with Gasteiger partial charge in [0.1, 0.15) is 5.78 Å². The van der Waals surface area contributed by atoms with Crippen LogP contribution in [0.4, 0.5) is 0 Å². The minimum atomic E-state index is -0.718. The summed E-state index contributed by atoms with van der Waals surface area (Å²) >= 11 is 0. The number of ketones is 1. The van der Waals surface area contributed by atoms with Gasteiger partial charge in [-0.25, -0.2) is 0 Å². The number of allylic oxidation sites excluding steroid dienone is 1. The summed E-state index contributed by atoms with van der Waals surface area (Å²) in [6.07, 6.45) is 13.3. The Morgan fingerprint density at radius 1 is 1.10 bits per heavy atom. The zero-order chi connectivity index (χ0) is 21.9. The van der Waals surface area contributed by atoms with Gasteiger partial charge in [-0.05, 0) is 84.9 Å². The molecule has 168 valence electrons. The maximum Gasteiger partial charge on any atom is 0.303 e. The highest BCUT2D eigenvalue weighted by Crippen LogP contribution is 2.74. The lowest BCUT2D eigenvalue weighted by Crippen LogP contribution is -2.65. The highest BCUT2D eigenvalue weighted by atomic mass is 16.4. The average Bonchev–Trinajstić information content (AvgIpc) is 3.02. The number of carbonyl (C=O) groups excluding carboxylic acids is 1. The van der Waals surface area contributed by atoms with E-state index < -0.39 is 5.97 Å². The third kappa shape index (κ3) is 2.82. The van der Waals surface area contributed by atoms with Crippen molar-refractivity contribution in [3.05, 3.63) is 12.7 Å². The Morgan fingerprint density at radius 2 is 1.80 bits per heavy atom. The highest BCUT2D eigenvalue weighted by Gasteiger charge is 2.70. The van der Waals surface area contributed by atoms with Gasteiger partial charge in [-0.2, -0.15) is 0 Å². The van der Waals surface area contributed by atoms with Gasteiger partial charge in [0, 0.05) is 18.3 Å². The molecule has 0 amide bonds. The summed E-state index contributed by atoms with van der Waals surface area (Å²) in [6, 6.07) is 0. The molecule has 1 N–H and O–H groups in total. The molecule has 0 heterocycles. The fraction of sp³-hybridized carbons (Fsp3) is 0.852. The van der Waals surface area contributed by atoms with Crippen LogP contribution in [0.25, 0.3) is 0 Å². The largest absolute Gasteiger partial charge is 0.481 e. The van der Waals surface area contributed by atoms with E-state index in [9.17, 15) is 14.7 Å². The molecule has 4 saturated carbocycles. The third-order valence-corrected chi connectivity index (χ3v) is 11.3. The van der Waals surface area contributed by atoms with Crippen LogP contribution in [0.1, 0.15) is 98.3 Å². The van der Waals surface area contributed by atoms with E-state index in [1.54, 1.807) is 0 Å². The van der Waals surface area contributed by atoms with Crippen molar-refractivity contribution in [2.75, 3.05) is 0 Å². The smallest absolute Gasteiger partial charge is 0.303 e. The molecule has 0 aliphatic heterocycles. The molecule has 0 aromatic rings. The Balaban J connectivity index is 1.68. The summed E-state index contributed by atoms with van der Waals surface area (Å²) in [5.74, 6) is 1.44. The number of Topliss-reactive ketones (excluding diaryl/α,β-unsaturated/α-hetero) is 1. The maximum atomic E-state index is 13.9. The van der Waals surface area contributed by atoms with Crippen molar-refractivity contribution in [3.8, 4) is 0 Å². The summed E-state index contributed by atoms with van der Waals surface area (Å²) in [7, 11) is 0. The molecule has 30 heavy (non-hydrogen) atoms. The van der Waals surface area contributed by atoms with Crippen molar-refractivity contribution < 1.29 is 14.7 Å². The minimum absolute atomic E-state index is 0.122.